The maximum absolute atomic E-state index is 13.4. The lowest BCUT2D eigenvalue weighted by molar-refractivity contribution is -0.135. The summed E-state index contributed by atoms with van der Waals surface area (Å²) in [5, 5.41) is 9.82. The Hall–Kier alpha value is -0.800. The van der Waals surface area contributed by atoms with Crippen molar-refractivity contribution in [3.63, 3.8) is 0 Å². The summed E-state index contributed by atoms with van der Waals surface area (Å²) in [5.41, 5.74) is -0.356. The third-order valence-corrected chi connectivity index (χ3v) is 3.60. The van der Waals surface area contributed by atoms with Crippen LogP contribution in [0.3, 0.4) is 0 Å². The van der Waals surface area contributed by atoms with Gasteiger partial charge in [0.1, 0.15) is 6.10 Å². The van der Waals surface area contributed by atoms with Gasteiger partial charge in [0.2, 0.25) is 0 Å². The summed E-state index contributed by atoms with van der Waals surface area (Å²) in [5.74, 6) is -0.390. The molecule has 1 aromatic rings. The zero-order chi connectivity index (χ0) is 11.9. The van der Waals surface area contributed by atoms with Crippen molar-refractivity contribution in [2.45, 2.75) is 32.5 Å². The lowest BCUT2D eigenvalue weighted by atomic mass is 9.66. The van der Waals surface area contributed by atoms with Gasteiger partial charge >= 0.3 is 0 Å². The highest BCUT2D eigenvalue weighted by molar-refractivity contribution is 6.32. The van der Waals surface area contributed by atoms with Crippen LogP contribution >= 0.6 is 11.6 Å². The molecule has 0 radical (unpaired) electrons. The van der Waals surface area contributed by atoms with Crippen LogP contribution in [0.4, 0.5) is 4.39 Å². The summed E-state index contributed by atoms with van der Waals surface area (Å²) in [6.45, 7) is 3.78. The second kappa shape index (κ2) is 3.90. The van der Waals surface area contributed by atoms with Crippen LogP contribution in [0.2, 0.25) is 5.02 Å². The van der Waals surface area contributed by atoms with Crippen molar-refractivity contribution < 1.29 is 14.2 Å². The number of aliphatic hydroxyl groups excluding tert-OH is 1. The maximum atomic E-state index is 13.4. The van der Waals surface area contributed by atoms with Crippen molar-refractivity contribution in [3.8, 4) is 5.75 Å². The molecule has 0 bridgehead atoms. The Bertz CT molecular complexity index is 386. The molecule has 0 amide bonds. The SMILES string of the molecule is CC1(C)C(O)CC1Oc1c(F)cccc1Cl. The summed E-state index contributed by atoms with van der Waals surface area (Å²) in [7, 11) is 0. The largest absolute Gasteiger partial charge is 0.485 e. The van der Waals surface area contributed by atoms with E-state index in [2.05, 4.69) is 0 Å². The van der Waals surface area contributed by atoms with E-state index in [1.54, 1.807) is 6.07 Å². The van der Waals surface area contributed by atoms with Crippen LogP contribution in [-0.2, 0) is 0 Å². The summed E-state index contributed by atoms with van der Waals surface area (Å²) in [4.78, 5) is 0. The molecule has 2 atom stereocenters. The van der Waals surface area contributed by atoms with Crippen LogP contribution in [0.15, 0.2) is 18.2 Å². The van der Waals surface area contributed by atoms with Gasteiger partial charge in [0.05, 0.1) is 11.1 Å². The minimum absolute atomic E-state index is 0.0779. The average Bonchev–Trinajstić information content (AvgIpc) is 2.22. The fourth-order valence-corrected chi connectivity index (χ4v) is 2.01. The van der Waals surface area contributed by atoms with Gasteiger partial charge in [-0.2, -0.15) is 0 Å². The van der Waals surface area contributed by atoms with Crippen molar-refractivity contribution in [2.24, 2.45) is 5.41 Å². The number of halogens is 2. The first-order valence-electron chi connectivity index (χ1n) is 5.21. The number of hydrogen-bond donors (Lipinski definition) is 1. The van der Waals surface area contributed by atoms with Crippen LogP contribution in [0.1, 0.15) is 20.3 Å². The molecule has 2 nitrogen and oxygen atoms in total. The molecule has 1 aliphatic rings. The molecule has 0 aliphatic heterocycles. The number of hydrogen-bond acceptors (Lipinski definition) is 2. The molecule has 16 heavy (non-hydrogen) atoms. The molecule has 1 saturated carbocycles. The summed E-state index contributed by atoms with van der Waals surface area (Å²) in [6.07, 6.45) is -0.0857. The quantitative estimate of drug-likeness (QED) is 0.867. The topological polar surface area (TPSA) is 29.5 Å². The molecule has 4 heteroatoms. The monoisotopic (exact) mass is 244 g/mol. The molecule has 1 N–H and O–H groups in total. The first-order valence-corrected chi connectivity index (χ1v) is 5.59. The number of benzene rings is 1. The van der Waals surface area contributed by atoms with Crippen LogP contribution in [0, 0.1) is 11.2 Å². The predicted octanol–water partition coefficient (Wildman–Crippen LogP) is 3.02. The first kappa shape index (κ1) is 11.7. The highest BCUT2D eigenvalue weighted by Gasteiger charge is 2.49. The molecular formula is C12H14ClFO2. The molecule has 1 aromatic carbocycles. The van der Waals surface area contributed by atoms with Crippen molar-refractivity contribution >= 4 is 11.6 Å². The van der Waals surface area contributed by atoms with Gasteiger partial charge in [-0.25, -0.2) is 4.39 Å². The first-order chi connectivity index (χ1) is 7.43. The fourth-order valence-electron chi connectivity index (χ4n) is 1.80. The third-order valence-electron chi connectivity index (χ3n) is 3.31. The molecule has 88 valence electrons. The highest BCUT2D eigenvalue weighted by Crippen LogP contribution is 2.44. The Morgan fingerprint density at radius 3 is 2.69 bits per heavy atom. The number of ether oxygens (including phenoxy) is 1. The highest BCUT2D eigenvalue weighted by atomic mass is 35.5. The zero-order valence-corrected chi connectivity index (χ0v) is 9.96. The normalized spacial score (nSPS) is 27.3. The van der Waals surface area contributed by atoms with Gasteiger partial charge in [-0.15, -0.1) is 0 Å². The van der Waals surface area contributed by atoms with Gasteiger partial charge < -0.3 is 9.84 Å². The number of para-hydroxylation sites is 1. The van der Waals surface area contributed by atoms with Crippen LogP contribution in [0.25, 0.3) is 0 Å². The van der Waals surface area contributed by atoms with Gasteiger partial charge in [-0.05, 0) is 12.1 Å². The molecule has 0 heterocycles. The van der Waals surface area contributed by atoms with E-state index in [9.17, 15) is 9.50 Å². The molecule has 0 saturated heterocycles. The Kier molecular flexibility index (Phi) is 2.84. The smallest absolute Gasteiger partial charge is 0.173 e. The van der Waals surface area contributed by atoms with Crippen molar-refractivity contribution in [1.29, 1.82) is 0 Å². The summed E-state index contributed by atoms with van der Waals surface area (Å²) in [6, 6.07) is 4.43. The van der Waals surface area contributed by atoms with Gasteiger partial charge in [-0.1, -0.05) is 31.5 Å². The molecule has 2 unspecified atom stereocenters. The van der Waals surface area contributed by atoms with E-state index in [0.717, 1.165) is 0 Å². The van der Waals surface area contributed by atoms with E-state index >= 15 is 0 Å². The van der Waals surface area contributed by atoms with Crippen molar-refractivity contribution in [2.75, 3.05) is 0 Å². The molecular weight excluding hydrogens is 231 g/mol. The van der Waals surface area contributed by atoms with E-state index in [0.29, 0.717) is 6.42 Å². The predicted molar refractivity (Wildman–Crippen MR) is 60.2 cm³/mol. The minimum atomic E-state index is -0.468. The maximum Gasteiger partial charge on any atom is 0.173 e. The van der Waals surface area contributed by atoms with E-state index < -0.39 is 11.9 Å². The lowest BCUT2D eigenvalue weighted by Gasteiger charge is -2.48. The van der Waals surface area contributed by atoms with E-state index in [-0.39, 0.29) is 22.3 Å². The van der Waals surface area contributed by atoms with Crippen LogP contribution in [-0.4, -0.2) is 17.3 Å². The lowest BCUT2D eigenvalue weighted by Crippen LogP contribution is -2.56. The summed E-state index contributed by atoms with van der Waals surface area (Å²) >= 11 is 5.86. The Labute approximate surface area is 99.0 Å². The van der Waals surface area contributed by atoms with E-state index in [1.165, 1.54) is 12.1 Å². The Balaban J connectivity index is 2.17. The zero-order valence-electron chi connectivity index (χ0n) is 9.21. The van der Waals surface area contributed by atoms with Gasteiger partial charge in [0, 0.05) is 11.8 Å². The van der Waals surface area contributed by atoms with Gasteiger partial charge in [-0.3, -0.25) is 0 Å². The molecule has 0 aromatic heterocycles. The Morgan fingerprint density at radius 1 is 1.50 bits per heavy atom. The van der Waals surface area contributed by atoms with E-state index in [4.69, 9.17) is 16.3 Å². The molecule has 2 rings (SSSR count). The minimum Gasteiger partial charge on any atom is -0.485 e. The summed E-state index contributed by atoms with van der Waals surface area (Å²) < 4.78 is 19.0. The average molecular weight is 245 g/mol. The number of aliphatic hydroxyl groups is 1. The molecule has 1 aliphatic carbocycles. The molecule has 0 spiro atoms. The fraction of sp³-hybridized carbons (Fsp3) is 0.500. The standard InChI is InChI=1S/C12H14ClFO2/c1-12(2)9(15)6-10(12)16-11-7(13)4-3-5-8(11)14/h3-5,9-10,15H,6H2,1-2H3. The van der Waals surface area contributed by atoms with Gasteiger partial charge in [0.15, 0.2) is 11.6 Å². The molecule has 1 fully saturated rings. The van der Waals surface area contributed by atoms with Crippen LogP contribution in [0.5, 0.6) is 5.75 Å². The third kappa shape index (κ3) is 1.78. The van der Waals surface area contributed by atoms with Crippen LogP contribution < -0.4 is 4.74 Å². The van der Waals surface area contributed by atoms with Crippen molar-refractivity contribution in [3.05, 3.63) is 29.0 Å². The second-order valence-corrected chi connectivity index (χ2v) is 5.14. The van der Waals surface area contributed by atoms with Crippen molar-refractivity contribution in [1.82, 2.24) is 0 Å². The van der Waals surface area contributed by atoms with Gasteiger partial charge in [0.25, 0.3) is 0 Å². The number of rotatable bonds is 2. The van der Waals surface area contributed by atoms with E-state index in [1.807, 2.05) is 13.8 Å². The second-order valence-electron chi connectivity index (χ2n) is 4.73. The Morgan fingerprint density at radius 2 is 2.19 bits per heavy atom.